The molecule has 2 atom stereocenters. The third-order valence-electron chi connectivity index (χ3n) is 2.74. The number of morpholine rings is 1. The first kappa shape index (κ1) is 12.9. The monoisotopic (exact) mass is 225 g/mol. The molecule has 0 spiro atoms. The Morgan fingerprint density at radius 1 is 1.75 bits per heavy atom. The smallest absolute Gasteiger partial charge is 0.250 e. The molecule has 5 nitrogen and oxygen atoms in total. The maximum atomic E-state index is 11.8. The molecule has 0 unspecified atom stereocenters. The van der Waals surface area contributed by atoms with Crippen LogP contribution in [0.15, 0.2) is 0 Å². The number of carbonyl (C=O) groups is 1. The number of hydrogen-bond donors (Lipinski definition) is 1. The highest BCUT2D eigenvalue weighted by Gasteiger charge is 2.25. The SMILES string of the molecule is CC[C@@H](CC#N)NC(=O)[C@H]1CN(C)CCO1. The average Bonchev–Trinajstić information content (AvgIpc) is 2.28. The van der Waals surface area contributed by atoms with Gasteiger partial charge in [0, 0.05) is 19.1 Å². The van der Waals surface area contributed by atoms with E-state index in [-0.39, 0.29) is 11.9 Å². The van der Waals surface area contributed by atoms with Crippen molar-refractivity contribution in [2.45, 2.75) is 31.9 Å². The normalized spacial score (nSPS) is 23.4. The Kier molecular flexibility index (Phi) is 5.23. The summed E-state index contributed by atoms with van der Waals surface area (Å²) in [6.45, 7) is 4.02. The summed E-state index contributed by atoms with van der Waals surface area (Å²) >= 11 is 0. The zero-order chi connectivity index (χ0) is 12.0. The van der Waals surface area contributed by atoms with Gasteiger partial charge in [0.25, 0.3) is 5.91 Å². The highest BCUT2D eigenvalue weighted by atomic mass is 16.5. The number of amides is 1. The zero-order valence-electron chi connectivity index (χ0n) is 9.90. The molecule has 1 rings (SSSR count). The van der Waals surface area contributed by atoms with Crippen LogP contribution in [0, 0.1) is 11.3 Å². The van der Waals surface area contributed by atoms with Crippen LogP contribution in [0.2, 0.25) is 0 Å². The van der Waals surface area contributed by atoms with E-state index in [0.29, 0.717) is 19.6 Å². The van der Waals surface area contributed by atoms with Crippen molar-refractivity contribution >= 4 is 5.91 Å². The summed E-state index contributed by atoms with van der Waals surface area (Å²) < 4.78 is 5.40. The first-order valence-electron chi connectivity index (χ1n) is 5.64. The maximum Gasteiger partial charge on any atom is 0.250 e. The van der Waals surface area contributed by atoms with Gasteiger partial charge in [-0.2, -0.15) is 5.26 Å². The fourth-order valence-corrected chi connectivity index (χ4v) is 1.64. The fourth-order valence-electron chi connectivity index (χ4n) is 1.64. The standard InChI is InChI=1S/C11H19N3O2/c1-3-9(4-5-12)13-11(15)10-8-14(2)6-7-16-10/h9-10H,3-4,6-8H2,1-2H3,(H,13,15)/t9-,10+/m0/s1. The molecule has 0 aromatic rings. The Bertz CT molecular complexity index is 275. The summed E-state index contributed by atoms with van der Waals surface area (Å²) in [6, 6.07) is 2.01. The van der Waals surface area contributed by atoms with Crippen LogP contribution < -0.4 is 5.32 Å². The minimum atomic E-state index is -0.397. The van der Waals surface area contributed by atoms with Gasteiger partial charge >= 0.3 is 0 Å². The lowest BCUT2D eigenvalue weighted by Crippen LogP contribution is -2.50. The molecule has 1 N–H and O–H groups in total. The number of rotatable bonds is 4. The molecule has 16 heavy (non-hydrogen) atoms. The van der Waals surface area contributed by atoms with Gasteiger partial charge in [0.2, 0.25) is 0 Å². The molecule has 90 valence electrons. The quantitative estimate of drug-likeness (QED) is 0.738. The van der Waals surface area contributed by atoms with E-state index in [1.807, 2.05) is 14.0 Å². The summed E-state index contributed by atoms with van der Waals surface area (Å²) in [4.78, 5) is 13.9. The van der Waals surface area contributed by atoms with Crippen LogP contribution in [0.25, 0.3) is 0 Å². The number of ether oxygens (including phenoxy) is 1. The van der Waals surface area contributed by atoms with Gasteiger partial charge in [0.05, 0.1) is 19.1 Å². The summed E-state index contributed by atoms with van der Waals surface area (Å²) in [5.41, 5.74) is 0. The van der Waals surface area contributed by atoms with Crippen LogP contribution in [-0.4, -0.2) is 49.7 Å². The number of likely N-dealkylation sites (N-methyl/N-ethyl adjacent to an activating group) is 1. The van der Waals surface area contributed by atoms with Crippen LogP contribution in [0.5, 0.6) is 0 Å². The first-order valence-corrected chi connectivity index (χ1v) is 5.64. The zero-order valence-corrected chi connectivity index (χ0v) is 9.90. The Hall–Kier alpha value is -1.12. The van der Waals surface area contributed by atoms with E-state index >= 15 is 0 Å². The lowest BCUT2D eigenvalue weighted by molar-refractivity contribution is -0.138. The van der Waals surface area contributed by atoms with E-state index in [1.165, 1.54) is 0 Å². The minimum Gasteiger partial charge on any atom is -0.366 e. The number of nitrogens with one attached hydrogen (secondary N) is 1. The van der Waals surface area contributed by atoms with Gasteiger partial charge in [-0.25, -0.2) is 0 Å². The Labute approximate surface area is 96.4 Å². The molecule has 0 radical (unpaired) electrons. The second-order valence-electron chi connectivity index (χ2n) is 4.10. The van der Waals surface area contributed by atoms with Gasteiger partial charge in [-0.1, -0.05) is 6.92 Å². The molecule has 1 aliphatic rings. The van der Waals surface area contributed by atoms with Gasteiger partial charge in [-0.3, -0.25) is 4.79 Å². The van der Waals surface area contributed by atoms with E-state index in [9.17, 15) is 4.79 Å². The lowest BCUT2D eigenvalue weighted by Gasteiger charge is -2.30. The molecule has 5 heteroatoms. The minimum absolute atomic E-state index is 0.0617. The molecule has 0 aromatic heterocycles. The molecule has 0 saturated carbocycles. The highest BCUT2D eigenvalue weighted by molar-refractivity contribution is 5.81. The van der Waals surface area contributed by atoms with Crippen LogP contribution >= 0.6 is 0 Å². The van der Waals surface area contributed by atoms with Gasteiger partial charge in [-0.15, -0.1) is 0 Å². The topological polar surface area (TPSA) is 65.4 Å². The molecule has 0 aromatic carbocycles. The van der Waals surface area contributed by atoms with Crippen molar-refractivity contribution in [2.75, 3.05) is 26.7 Å². The number of carbonyl (C=O) groups excluding carboxylic acids is 1. The van der Waals surface area contributed by atoms with Gasteiger partial charge in [0.15, 0.2) is 0 Å². The molecular formula is C11H19N3O2. The second-order valence-corrected chi connectivity index (χ2v) is 4.10. The van der Waals surface area contributed by atoms with Crippen molar-refractivity contribution in [3.8, 4) is 6.07 Å². The Morgan fingerprint density at radius 2 is 2.50 bits per heavy atom. The predicted octanol–water partition coefficient (Wildman–Crippen LogP) is 0.125. The van der Waals surface area contributed by atoms with Crippen molar-refractivity contribution in [3.05, 3.63) is 0 Å². The third-order valence-corrected chi connectivity index (χ3v) is 2.74. The third kappa shape index (κ3) is 3.80. The summed E-state index contributed by atoms with van der Waals surface area (Å²) in [7, 11) is 1.97. The molecule has 1 heterocycles. The maximum absolute atomic E-state index is 11.8. The van der Waals surface area contributed by atoms with Crippen LogP contribution in [0.1, 0.15) is 19.8 Å². The summed E-state index contributed by atoms with van der Waals surface area (Å²) in [5.74, 6) is -0.103. The second kappa shape index (κ2) is 6.46. The molecule has 1 saturated heterocycles. The van der Waals surface area contributed by atoms with Gasteiger partial charge in [-0.05, 0) is 13.5 Å². The predicted molar refractivity (Wildman–Crippen MR) is 59.7 cm³/mol. The number of nitrogens with zero attached hydrogens (tertiary/aromatic N) is 2. The molecule has 1 aliphatic heterocycles. The Balaban J connectivity index is 2.41. The van der Waals surface area contributed by atoms with E-state index in [2.05, 4.69) is 16.3 Å². The van der Waals surface area contributed by atoms with Crippen LogP contribution in [0.4, 0.5) is 0 Å². The van der Waals surface area contributed by atoms with E-state index < -0.39 is 6.10 Å². The van der Waals surface area contributed by atoms with E-state index in [0.717, 1.165) is 13.0 Å². The summed E-state index contributed by atoms with van der Waals surface area (Å²) in [6.07, 6.45) is 0.721. The molecule has 0 bridgehead atoms. The first-order chi connectivity index (χ1) is 7.67. The molecule has 1 amide bonds. The van der Waals surface area contributed by atoms with E-state index in [4.69, 9.17) is 10.00 Å². The largest absolute Gasteiger partial charge is 0.366 e. The number of hydrogen-bond acceptors (Lipinski definition) is 4. The fraction of sp³-hybridized carbons (Fsp3) is 0.818. The Morgan fingerprint density at radius 3 is 3.06 bits per heavy atom. The summed E-state index contributed by atoms with van der Waals surface area (Å²) in [5, 5.41) is 11.4. The molecule has 1 fully saturated rings. The number of nitriles is 1. The molecule has 0 aliphatic carbocycles. The van der Waals surface area contributed by atoms with Gasteiger partial charge in [0.1, 0.15) is 6.10 Å². The van der Waals surface area contributed by atoms with Crippen molar-refractivity contribution in [3.63, 3.8) is 0 Å². The van der Waals surface area contributed by atoms with Crippen molar-refractivity contribution in [1.29, 1.82) is 5.26 Å². The highest BCUT2D eigenvalue weighted by Crippen LogP contribution is 2.05. The van der Waals surface area contributed by atoms with Crippen LogP contribution in [0.3, 0.4) is 0 Å². The van der Waals surface area contributed by atoms with Crippen molar-refractivity contribution < 1.29 is 9.53 Å². The lowest BCUT2D eigenvalue weighted by atomic mass is 10.1. The molecular weight excluding hydrogens is 206 g/mol. The van der Waals surface area contributed by atoms with E-state index in [1.54, 1.807) is 0 Å². The van der Waals surface area contributed by atoms with Crippen molar-refractivity contribution in [2.24, 2.45) is 0 Å². The van der Waals surface area contributed by atoms with Crippen molar-refractivity contribution in [1.82, 2.24) is 10.2 Å². The van der Waals surface area contributed by atoms with Gasteiger partial charge < -0.3 is 15.0 Å². The van der Waals surface area contributed by atoms with Crippen LogP contribution in [-0.2, 0) is 9.53 Å². The average molecular weight is 225 g/mol.